The van der Waals surface area contributed by atoms with Gasteiger partial charge in [0, 0.05) is 20.5 Å². The summed E-state index contributed by atoms with van der Waals surface area (Å²) in [5.41, 5.74) is 0.996. The third-order valence-electron chi connectivity index (χ3n) is 1.59. The van der Waals surface area contributed by atoms with Gasteiger partial charge in [-0.15, -0.1) is 0 Å². The van der Waals surface area contributed by atoms with Crippen LogP contribution in [-0.4, -0.2) is 19.1 Å². The van der Waals surface area contributed by atoms with Gasteiger partial charge in [-0.3, -0.25) is 0 Å². The summed E-state index contributed by atoms with van der Waals surface area (Å²) >= 11 is 0. The molecule has 0 saturated heterocycles. The van der Waals surface area contributed by atoms with E-state index < -0.39 is 0 Å². The van der Waals surface area contributed by atoms with Crippen LogP contribution in [0.4, 0.5) is 6.01 Å². The zero-order valence-electron chi connectivity index (χ0n) is 7.51. The van der Waals surface area contributed by atoms with E-state index in [0.717, 1.165) is 17.9 Å². The summed E-state index contributed by atoms with van der Waals surface area (Å²) in [5.74, 6) is 0.980. The van der Waals surface area contributed by atoms with E-state index in [1.807, 2.05) is 25.9 Å². The first-order valence-corrected chi connectivity index (χ1v) is 3.78. The Morgan fingerprint density at radius 2 is 2.09 bits per heavy atom. The summed E-state index contributed by atoms with van der Waals surface area (Å²) < 4.78 is 5.44. The van der Waals surface area contributed by atoms with Crippen molar-refractivity contribution < 1.29 is 4.42 Å². The Hall–Kier alpha value is -0.990. The molecule has 1 heterocycles. The molecule has 0 N–H and O–H groups in total. The second-order valence-electron chi connectivity index (χ2n) is 2.75. The smallest absolute Gasteiger partial charge is 0.297 e. The van der Waals surface area contributed by atoms with Crippen LogP contribution in [0.3, 0.4) is 0 Å². The number of anilines is 1. The van der Waals surface area contributed by atoms with Gasteiger partial charge in [0.2, 0.25) is 0 Å². The van der Waals surface area contributed by atoms with Gasteiger partial charge in [0.25, 0.3) is 6.01 Å². The van der Waals surface area contributed by atoms with Crippen molar-refractivity contribution >= 4 is 6.01 Å². The van der Waals surface area contributed by atoms with Crippen LogP contribution in [0, 0.1) is 6.92 Å². The van der Waals surface area contributed by atoms with E-state index in [0.29, 0.717) is 6.01 Å². The van der Waals surface area contributed by atoms with Crippen molar-refractivity contribution in [1.29, 1.82) is 0 Å². The number of aryl methyl sites for hydroxylation is 2. The number of rotatable bonds is 2. The minimum absolute atomic E-state index is 0.694. The molecular weight excluding hydrogens is 140 g/mol. The molecule has 0 atom stereocenters. The SMILES string of the molecule is CCc1oc(N(C)C)nc1C. The van der Waals surface area contributed by atoms with Crippen molar-refractivity contribution in [2.24, 2.45) is 0 Å². The molecule has 0 aromatic carbocycles. The summed E-state index contributed by atoms with van der Waals surface area (Å²) in [5, 5.41) is 0. The summed E-state index contributed by atoms with van der Waals surface area (Å²) in [6.45, 7) is 4.03. The van der Waals surface area contributed by atoms with E-state index in [1.54, 1.807) is 0 Å². The van der Waals surface area contributed by atoms with Gasteiger partial charge in [-0.25, -0.2) is 0 Å². The zero-order chi connectivity index (χ0) is 8.43. The van der Waals surface area contributed by atoms with E-state index in [1.165, 1.54) is 0 Å². The lowest BCUT2D eigenvalue weighted by Crippen LogP contribution is -2.08. The number of aromatic nitrogens is 1. The molecule has 3 heteroatoms. The highest BCUT2D eigenvalue weighted by atomic mass is 16.4. The molecule has 0 unspecified atom stereocenters. The highest BCUT2D eigenvalue weighted by Gasteiger charge is 2.07. The van der Waals surface area contributed by atoms with Gasteiger partial charge in [-0.1, -0.05) is 6.92 Å². The lowest BCUT2D eigenvalue weighted by molar-refractivity contribution is 0.509. The highest BCUT2D eigenvalue weighted by molar-refractivity contribution is 5.26. The maximum Gasteiger partial charge on any atom is 0.297 e. The molecule has 62 valence electrons. The lowest BCUT2D eigenvalue weighted by atomic mass is 10.3. The molecule has 0 amide bonds. The number of oxazole rings is 1. The Kier molecular flexibility index (Phi) is 2.17. The van der Waals surface area contributed by atoms with Crippen molar-refractivity contribution in [3.8, 4) is 0 Å². The van der Waals surface area contributed by atoms with Crippen molar-refractivity contribution in [3.05, 3.63) is 11.5 Å². The molecule has 0 radical (unpaired) electrons. The standard InChI is InChI=1S/C8H14N2O/c1-5-7-6(2)9-8(11-7)10(3)4/h5H2,1-4H3. The quantitative estimate of drug-likeness (QED) is 0.648. The van der Waals surface area contributed by atoms with E-state index in [-0.39, 0.29) is 0 Å². The first-order valence-electron chi connectivity index (χ1n) is 3.78. The average Bonchev–Trinajstić information content (AvgIpc) is 2.31. The van der Waals surface area contributed by atoms with Crippen LogP contribution in [0.25, 0.3) is 0 Å². The molecule has 0 aliphatic heterocycles. The third kappa shape index (κ3) is 1.53. The second-order valence-corrected chi connectivity index (χ2v) is 2.75. The molecule has 1 aromatic heterocycles. The van der Waals surface area contributed by atoms with Gasteiger partial charge in [0.15, 0.2) is 0 Å². The van der Waals surface area contributed by atoms with E-state index in [4.69, 9.17) is 4.42 Å². The van der Waals surface area contributed by atoms with Gasteiger partial charge in [0.1, 0.15) is 5.76 Å². The van der Waals surface area contributed by atoms with Crippen molar-refractivity contribution in [2.75, 3.05) is 19.0 Å². The zero-order valence-corrected chi connectivity index (χ0v) is 7.51. The molecule has 1 rings (SSSR count). The third-order valence-corrected chi connectivity index (χ3v) is 1.59. The Morgan fingerprint density at radius 3 is 2.36 bits per heavy atom. The molecule has 0 bridgehead atoms. The van der Waals surface area contributed by atoms with Crippen LogP contribution < -0.4 is 4.90 Å². The van der Waals surface area contributed by atoms with Crippen LogP contribution in [0.15, 0.2) is 4.42 Å². The fourth-order valence-corrected chi connectivity index (χ4v) is 0.932. The molecule has 0 fully saturated rings. The number of nitrogens with zero attached hydrogens (tertiary/aromatic N) is 2. The van der Waals surface area contributed by atoms with E-state index in [9.17, 15) is 0 Å². The van der Waals surface area contributed by atoms with Crippen LogP contribution >= 0.6 is 0 Å². The van der Waals surface area contributed by atoms with Crippen LogP contribution in [0.5, 0.6) is 0 Å². The van der Waals surface area contributed by atoms with Crippen molar-refractivity contribution in [2.45, 2.75) is 20.3 Å². The first kappa shape index (κ1) is 8.11. The lowest BCUT2D eigenvalue weighted by Gasteiger charge is -2.03. The molecule has 11 heavy (non-hydrogen) atoms. The topological polar surface area (TPSA) is 29.3 Å². The average molecular weight is 154 g/mol. The normalized spacial score (nSPS) is 10.2. The van der Waals surface area contributed by atoms with Gasteiger partial charge < -0.3 is 9.32 Å². The molecule has 0 saturated carbocycles. The molecule has 0 aliphatic carbocycles. The fraction of sp³-hybridized carbons (Fsp3) is 0.625. The fourth-order valence-electron chi connectivity index (χ4n) is 0.932. The largest absolute Gasteiger partial charge is 0.428 e. The van der Waals surface area contributed by atoms with Crippen LogP contribution in [-0.2, 0) is 6.42 Å². The van der Waals surface area contributed by atoms with Crippen molar-refractivity contribution in [3.63, 3.8) is 0 Å². The van der Waals surface area contributed by atoms with E-state index in [2.05, 4.69) is 11.9 Å². The second kappa shape index (κ2) is 2.95. The summed E-state index contributed by atoms with van der Waals surface area (Å²) in [6.07, 6.45) is 0.909. The molecule has 3 nitrogen and oxygen atoms in total. The van der Waals surface area contributed by atoms with Gasteiger partial charge in [-0.2, -0.15) is 4.98 Å². The highest BCUT2D eigenvalue weighted by Crippen LogP contribution is 2.16. The minimum atomic E-state index is 0.694. The van der Waals surface area contributed by atoms with E-state index >= 15 is 0 Å². The summed E-state index contributed by atoms with van der Waals surface area (Å²) in [7, 11) is 3.84. The molecule has 0 aliphatic rings. The Labute approximate surface area is 67.0 Å². The van der Waals surface area contributed by atoms with Crippen LogP contribution in [0.1, 0.15) is 18.4 Å². The van der Waals surface area contributed by atoms with Gasteiger partial charge >= 0.3 is 0 Å². The van der Waals surface area contributed by atoms with Crippen LogP contribution in [0.2, 0.25) is 0 Å². The predicted octanol–water partition coefficient (Wildman–Crippen LogP) is 1.61. The Balaban J connectivity index is 2.95. The van der Waals surface area contributed by atoms with Gasteiger partial charge in [-0.05, 0) is 6.92 Å². The molecular formula is C8H14N2O. The number of hydrogen-bond donors (Lipinski definition) is 0. The number of hydrogen-bond acceptors (Lipinski definition) is 3. The summed E-state index contributed by atoms with van der Waals surface area (Å²) in [6, 6.07) is 0.694. The predicted molar refractivity (Wildman–Crippen MR) is 44.9 cm³/mol. The Bertz CT molecular complexity index is 240. The first-order chi connectivity index (χ1) is 5.15. The maximum absolute atomic E-state index is 5.44. The molecule has 1 aromatic rings. The maximum atomic E-state index is 5.44. The minimum Gasteiger partial charge on any atom is -0.428 e. The summed E-state index contributed by atoms with van der Waals surface area (Å²) in [4.78, 5) is 6.11. The monoisotopic (exact) mass is 154 g/mol. The molecule has 0 spiro atoms. The Morgan fingerprint density at radius 1 is 1.45 bits per heavy atom. The van der Waals surface area contributed by atoms with Crippen molar-refractivity contribution in [1.82, 2.24) is 4.98 Å². The van der Waals surface area contributed by atoms with Gasteiger partial charge in [0.05, 0.1) is 5.69 Å².